The van der Waals surface area contributed by atoms with Gasteiger partial charge < -0.3 is 18.9 Å². The highest BCUT2D eigenvalue weighted by Crippen LogP contribution is 2.35. The van der Waals surface area contributed by atoms with Crippen molar-refractivity contribution in [3.63, 3.8) is 0 Å². The molecule has 0 atom stereocenters. The van der Waals surface area contributed by atoms with Crippen molar-refractivity contribution < 1.29 is 27.4 Å². The maximum absolute atomic E-state index is 12.5. The molecular formula is C19H23NO6S. The van der Waals surface area contributed by atoms with Crippen molar-refractivity contribution in [3.8, 4) is 23.0 Å². The standard InChI is InChI=1S/C19H23NO6S/c1-23-16-10-18(24-2)17(19(11-16)25-3)7-8-27(21,22)12-14-5-4-6-15(9-14)26-13-20/h4-11H,12-13,20H2,1-3H3. The molecule has 0 heterocycles. The first kappa shape index (κ1) is 20.6. The summed E-state index contributed by atoms with van der Waals surface area (Å²) in [7, 11) is 0.963. The molecule has 0 amide bonds. The predicted molar refractivity (Wildman–Crippen MR) is 104 cm³/mol. The molecule has 8 heteroatoms. The Labute approximate surface area is 159 Å². The van der Waals surface area contributed by atoms with E-state index < -0.39 is 9.84 Å². The summed E-state index contributed by atoms with van der Waals surface area (Å²) in [6.45, 7) is 0.0210. The molecule has 27 heavy (non-hydrogen) atoms. The van der Waals surface area contributed by atoms with E-state index in [2.05, 4.69) is 0 Å². The second-order valence-corrected chi connectivity index (χ2v) is 7.40. The van der Waals surface area contributed by atoms with Gasteiger partial charge >= 0.3 is 0 Å². The molecule has 7 nitrogen and oxygen atoms in total. The second kappa shape index (κ2) is 9.29. The molecule has 0 aromatic heterocycles. The van der Waals surface area contributed by atoms with Crippen LogP contribution in [0, 0.1) is 0 Å². The molecule has 2 N–H and O–H groups in total. The minimum Gasteiger partial charge on any atom is -0.496 e. The zero-order chi connectivity index (χ0) is 19.9. The molecule has 0 radical (unpaired) electrons. The SMILES string of the molecule is COc1cc(OC)c(C=CS(=O)(=O)Cc2cccc(OCN)c2)c(OC)c1. The molecular weight excluding hydrogens is 370 g/mol. The van der Waals surface area contributed by atoms with Crippen LogP contribution in [0.1, 0.15) is 11.1 Å². The van der Waals surface area contributed by atoms with Gasteiger partial charge in [-0.2, -0.15) is 0 Å². The van der Waals surface area contributed by atoms with Gasteiger partial charge in [0.1, 0.15) is 29.7 Å². The van der Waals surface area contributed by atoms with Crippen LogP contribution in [-0.2, 0) is 15.6 Å². The van der Waals surface area contributed by atoms with E-state index in [1.165, 1.54) is 27.4 Å². The van der Waals surface area contributed by atoms with Crippen LogP contribution < -0.4 is 24.7 Å². The minimum absolute atomic E-state index is 0.0210. The molecule has 0 unspecified atom stereocenters. The van der Waals surface area contributed by atoms with E-state index in [1.54, 1.807) is 36.4 Å². The molecule has 2 aromatic rings. The zero-order valence-electron chi connectivity index (χ0n) is 15.5. The van der Waals surface area contributed by atoms with Crippen molar-refractivity contribution in [1.82, 2.24) is 0 Å². The van der Waals surface area contributed by atoms with Crippen molar-refractivity contribution in [2.75, 3.05) is 28.1 Å². The van der Waals surface area contributed by atoms with E-state index in [9.17, 15) is 8.42 Å². The highest BCUT2D eigenvalue weighted by atomic mass is 32.2. The predicted octanol–water partition coefficient (Wildman–Crippen LogP) is 2.59. The van der Waals surface area contributed by atoms with Gasteiger partial charge in [0.05, 0.1) is 32.6 Å². The first-order chi connectivity index (χ1) is 12.9. The Morgan fingerprint density at radius 2 is 1.63 bits per heavy atom. The number of hydrogen-bond donors (Lipinski definition) is 1. The third-order valence-electron chi connectivity index (χ3n) is 3.71. The quantitative estimate of drug-likeness (QED) is 0.654. The van der Waals surface area contributed by atoms with Crippen LogP contribution in [0.4, 0.5) is 0 Å². The fourth-order valence-electron chi connectivity index (χ4n) is 2.47. The number of rotatable bonds is 9. The van der Waals surface area contributed by atoms with Crippen molar-refractivity contribution in [3.05, 3.63) is 52.9 Å². The van der Waals surface area contributed by atoms with E-state index in [0.29, 0.717) is 34.1 Å². The topological polar surface area (TPSA) is 97.1 Å². The van der Waals surface area contributed by atoms with E-state index >= 15 is 0 Å². The van der Waals surface area contributed by atoms with Crippen LogP contribution in [0.15, 0.2) is 41.8 Å². The maximum atomic E-state index is 12.5. The molecule has 0 saturated carbocycles. The summed E-state index contributed by atoms with van der Waals surface area (Å²) < 4.78 is 46.0. The smallest absolute Gasteiger partial charge is 0.175 e. The van der Waals surface area contributed by atoms with Gasteiger partial charge in [-0.3, -0.25) is 5.73 Å². The van der Waals surface area contributed by atoms with Gasteiger partial charge in [0.15, 0.2) is 9.84 Å². The van der Waals surface area contributed by atoms with Crippen molar-refractivity contribution in [1.29, 1.82) is 0 Å². The molecule has 0 aliphatic rings. The van der Waals surface area contributed by atoms with Gasteiger partial charge in [0, 0.05) is 17.5 Å². The molecule has 0 bridgehead atoms. The summed E-state index contributed by atoms with van der Waals surface area (Å²) >= 11 is 0. The van der Waals surface area contributed by atoms with E-state index in [4.69, 9.17) is 24.7 Å². The Kier molecular flexibility index (Phi) is 7.09. The molecule has 146 valence electrons. The number of benzene rings is 2. The minimum atomic E-state index is -3.54. The molecule has 2 aromatic carbocycles. The van der Waals surface area contributed by atoms with Crippen LogP contribution in [-0.4, -0.2) is 36.5 Å². The first-order valence-corrected chi connectivity index (χ1v) is 9.76. The van der Waals surface area contributed by atoms with Gasteiger partial charge in [0.2, 0.25) is 0 Å². The van der Waals surface area contributed by atoms with Crippen LogP contribution in [0.2, 0.25) is 0 Å². The third kappa shape index (κ3) is 5.63. The van der Waals surface area contributed by atoms with Gasteiger partial charge in [-0.15, -0.1) is 0 Å². The van der Waals surface area contributed by atoms with Crippen LogP contribution in [0.3, 0.4) is 0 Å². The molecule has 0 aliphatic carbocycles. The van der Waals surface area contributed by atoms with Crippen LogP contribution in [0.5, 0.6) is 23.0 Å². The van der Waals surface area contributed by atoms with Crippen molar-refractivity contribution in [2.45, 2.75) is 5.75 Å². The number of hydrogen-bond acceptors (Lipinski definition) is 7. The second-order valence-electron chi connectivity index (χ2n) is 5.51. The number of methoxy groups -OCH3 is 3. The lowest BCUT2D eigenvalue weighted by Crippen LogP contribution is -2.07. The summed E-state index contributed by atoms with van der Waals surface area (Å²) in [5.74, 6) is 1.77. The number of ether oxygens (including phenoxy) is 4. The van der Waals surface area contributed by atoms with Crippen LogP contribution in [0.25, 0.3) is 6.08 Å². The largest absolute Gasteiger partial charge is 0.496 e. The Balaban J connectivity index is 2.29. The van der Waals surface area contributed by atoms with E-state index in [0.717, 1.165) is 5.41 Å². The van der Waals surface area contributed by atoms with E-state index in [1.807, 2.05) is 0 Å². The number of nitrogens with two attached hydrogens (primary N) is 1. The van der Waals surface area contributed by atoms with Gasteiger partial charge in [-0.25, -0.2) is 8.42 Å². The molecule has 2 rings (SSSR count). The molecule has 0 aliphatic heterocycles. The average molecular weight is 393 g/mol. The lowest BCUT2D eigenvalue weighted by Gasteiger charge is -2.12. The normalized spacial score (nSPS) is 11.4. The zero-order valence-corrected chi connectivity index (χ0v) is 16.3. The Bertz CT molecular complexity index is 883. The van der Waals surface area contributed by atoms with E-state index in [-0.39, 0.29) is 12.5 Å². The summed E-state index contributed by atoms with van der Waals surface area (Å²) in [5.41, 5.74) is 6.44. The fraction of sp³-hybridized carbons (Fsp3) is 0.263. The van der Waals surface area contributed by atoms with Gasteiger partial charge in [-0.05, 0) is 23.8 Å². The molecule has 0 saturated heterocycles. The Morgan fingerprint density at radius 1 is 0.963 bits per heavy atom. The lowest BCUT2D eigenvalue weighted by molar-refractivity contribution is 0.329. The van der Waals surface area contributed by atoms with Crippen molar-refractivity contribution in [2.24, 2.45) is 5.73 Å². The summed E-state index contributed by atoms with van der Waals surface area (Å²) in [6.07, 6.45) is 1.45. The lowest BCUT2D eigenvalue weighted by atomic mass is 10.1. The van der Waals surface area contributed by atoms with Crippen LogP contribution >= 0.6 is 0 Å². The average Bonchev–Trinajstić information content (AvgIpc) is 2.65. The fourth-order valence-corrected chi connectivity index (χ4v) is 3.55. The van der Waals surface area contributed by atoms with Gasteiger partial charge in [0.25, 0.3) is 0 Å². The highest BCUT2D eigenvalue weighted by Gasteiger charge is 2.14. The van der Waals surface area contributed by atoms with Gasteiger partial charge in [-0.1, -0.05) is 12.1 Å². The van der Waals surface area contributed by atoms with Crippen molar-refractivity contribution >= 4 is 15.9 Å². The molecule has 0 spiro atoms. The maximum Gasteiger partial charge on any atom is 0.175 e. The number of sulfone groups is 1. The highest BCUT2D eigenvalue weighted by molar-refractivity contribution is 7.93. The first-order valence-electron chi connectivity index (χ1n) is 8.05. The Hall–Kier alpha value is -2.71. The third-order valence-corrected chi connectivity index (χ3v) is 5.00. The molecule has 0 fully saturated rings. The summed E-state index contributed by atoms with van der Waals surface area (Å²) in [4.78, 5) is 0. The summed E-state index contributed by atoms with van der Waals surface area (Å²) in [6, 6.07) is 10.1. The summed E-state index contributed by atoms with van der Waals surface area (Å²) in [5, 5.41) is 1.14. The monoisotopic (exact) mass is 393 g/mol. The Morgan fingerprint density at radius 3 is 2.19 bits per heavy atom.